The van der Waals surface area contributed by atoms with Crippen molar-refractivity contribution in [3.8, 4) is 0 Å². The highest BCUT2D eigenvalue weighted by Gasteiger charge is 2.37. The normalized spacial score (nSPS) is 14.1. The summed E-state index contributed by atoms with van der Waals surface area (Å²) in [5.74, 6) is 0. The van der Waals surface area contributed by atoms with Crippen molar-refractivity contribution in [2.24, 2.45) is 0 Å². The molecule has 5 heteroatoms. The van der Waals surface area contributed by atoms with Crippen LogP contribution in [0.2, 0.25) is 0 Å². The van der Waals surface area contributed by atoms with Gasteiger partial charge >= 0.3 is 0 Å². The topological polar surface area (TPSA) is 43.4 Å². The van der Waals surface area contributed by atoms with Gasteiger partial charge < -0.3 is 0 Å². The highest BCUT2D eigenvalue weighted by molar-refractivity contribution is 8.33. The van der Waals surface area contributed by atoms with Gasteiger partial charge in [-0.1, -0.05) is 98.7 Å². The molecular formula is C31H42O3S2. The van der Waals surface area contributed by atoms with Crippen LogP contribution in [0.3, 0.4) is 0 Å². The van der Waals surface area contributed by atoms with Crippen molar-refractivity contribution in [1.82, 2.24) is 0 Å². The van der Waals surface area contributed by atoms with Crippen molar-refractivity contribution in [1.29, 1.82) is 0 Å². The minimum atomic E-state index is -3.80. The first kappa shape index (κ1) is 28.5. The molecule has 3 rings (SSSR count). The van der Waals surface area contributed by atoms with Crippen molar-refractivity contribution in [3.63, 3.8) is 0 Å². The third-order valence-electron chi connectivity index (χ3n) is 6.38. The molecule has 3 aromatic carbocycles. The maximum atomic E-state index is 12.8. The summed E-state index contributed by atoms with van der Waals surface area (Å²) in [4.78, 5) is 2.56. The van der Waals surface area contributed by atoms with Crippen LogP contribution in [0.5, 0.6) is 0 Å². The lowest BCUT2D eigenvalue weighted by atomic mass is 9.87. The Hall–Kier alpha value is -2.08. The summed E-state index contributed by atoms with van der Waals surface area (Å²) in [6.45, 7) is 19.5. The maximum absolute atomic E-state index is 12.8. The zero-order valence-electron chi connectivity index (χ0n) is 23.5. The Morgan fingerprint density at radius 1 is 0.472 bits per heavy atom. The van der Waals surface area contributed by atoms with E-state index in [0.29, 0.717) is 0 Å². The third-order valence-corrected chi connectivity index (χ3v) is 11.0. The molecule has 0 fully saturated rings. The quantitative estimate of drug-likeness (QED) is 0.334. The first-order chi connectivity index (χ1) is 16.3. The van der Waals surface area contributed by atoms with E-state index in [-0.39, 0.29) is 16.2 Å². The molecule has 0 amide bonds. The summed E-state index contributed by atoms with van der Waals surface area (Å²) >= 11 is 0. The summed E-state index contributed by atoms with van der Waals surface area (Å²) in [5.41, 5.74) is 3.50. The molecule has 0 aliphatic heterocycles. The minimum absolute atomic E-state index is 0.0169. The molecule has 0 unspecified atom stereocenters. The zero-order valence-corrected chi connectivity index (χ0v) is 25.1. The van der Waals surface area contributed by atoms with E-state index in [0.717, 1.165) is 20.9 Å². The van der Waals surface area contributed by atoms with Crippen LogP contribution >= 0.6 is 10.3 Å². The Morgan fingerprint density at radius 2 is 0.694 bits per heavy atom. The van der Waals surface area contributed by atoms with Gasteiger partial charge in [0.05, 0.1) is 6.26 Å². The fourth-order valence-corrected chi connectivity index (χ4v) is 8.95. The van der Waals surface area contributed by atoms with Gasteiger partial charge in [-0.3, -0.25) is 0 Å². The minimum Gasteiger partial charge on any atom is -0.207 e. The maximum Gasteiger partial charge on any atom is 0.274 e. The van der Waals surface area contributed by atoms with Crippen molar-refractivity contribution < 1.29 is 12.0 Å². The van der Waals surface area contributed by atoms with E-state index in [1.165, 1.54) is 16.7 Å². The summed E-state index contributed by atoms with van der Waals surface area (Å²) in [5, 5.41) is 0. The second-order valence-corrected chi connectivity index (χ2v) is 17.1. The highest BCUT2D eigenvalue weighted by atomic mass is 32.3. The molecule has 196 valence electrons. The van der Waals surface area contributed by atoms with E-state index in [2.05, 4.69) is 98.7 Å². The number of rotatable bonds is 5. The Labute approximate surface area is 221 Å². The monoisotopic (exact) mass is 526 g/mol. The molecule has 0 aliphatic carbocycles. The van der Waals surface area contributed by atoms with Crippen LogP contribution in [0.4, 0.5) is 0 Å². The second kappa shape index (κ2) is 9.66. The van der Waals surface area contributed by atoms with Gasteiger partial charge in [-0.15, -0.1) is 0 Å². The van der Waals surface area contributed by atoms with Crippen LogP contribution in [0, 0.1) is 0 Å². The highest BCUT2D eigenvalue weighted by Crippen LogP contribution is 2.70. The largest absolute Gasteiger partial charge is 0.274 e. The van der Waals surface area contributed by atoms with Crippen LogP contribution in [0.15, 0.2) is 87.5 Å². The molecule has 0 spiro atoms. The van der Waals surface area contributed by atoms with E-state index < -0.39 is 20.4 Å². The van der Waals surface area contributed by atoms with Crippen molar-refractivity contribution >= 4 is 20.4 Å². The Bertz CT molecular complexity index is 1140. The molecule has 0 saturated heterocycles. The molecule has 36 heavy (non-hydrogen) atoms. The summed E-state index contributed by atoms with van der Waals surface area (Å²) in [6, 6.07) is 24.8. The summed E-state index contributed by atoms with van der Waals surface area (Å²) < 4.78 is 31.9. The molecule has 0 radical (unpaired) electrons. The second-order valence-electron chi connectivity index (χ2n) is 12.7. The van der Waals surface area contributed by atoms with Crippen molar-refractivity contribution in [3.05, 3.63) is 89.5 Å². The van der Waals surface area contributed by atoms with E-state index in [1.807, 2.05) is 36.4 Å². The molecule has 0 atom stereocenters. The lowest BCUT2D eigenvalue weighted by Crippen LogP contribution is -2.16. The summed E-state index contributed by atoms with van der Waals surface area (Å²) in [6.07, 6.45) is 1.14. The van der Waals surface area contributed by atoms with Crippen LogP contribution in [-0.4, -0.2) is 14.7 Å². The van der Waals surface area contributed by atoms with E-state index in [9.17, 15) is 8.42 Å². The predicted molar refractivity (Wildman–Crippen MR) is 154 cm³/mol. The van der Waals surface area contributed by atoms with E-state index in [4.69, 9.17) is 3.63 Å². The average molecular weight is 527 g/mol. The van der Waals surface area contributed by atoms with Gasteiger partial charge in [-0.2, -0.15) is 8.42 Å². The number of benzene rings is 3. The lowest BCUT2D eigenvalue weighted by Gasteiger charge is -2.40. The molecule has 3 nitrogen and oxygen atoms in total. The predicted octanol–water partition coefficient (Wildman–Crippen LogP) is 8.75. The number of hydrogen-bond donors (Lipinski definition) is 0. The Morgan fingerprint density at radius 3 is 0.861 bits per heavy atom. The molecule has 0 heterocycles. The average Bonchev–Trinajstić information content (AvgIpc) is 2.75. The SMILES string of the molecule is CC(C)(C)c1ccc(S(OS(C)(=O)=O)(c2ccc(C(C)(C)C)cc2)c2ccc(C(C)(C)C)cc2)cc1. The van der Waals surface area contributed by atoms with Gasteiger partial charge in [-0.25, -0.2) is 3.63 Å². The standard InChI is InChI=1S/C31H42O3S2/c1-29(2,3)23-11-17-26(18-12-23)36(34-35(10,32)33,27-19-13-24(14-20-27)30(4,5)6)28-21-15-25(16-22-28)31(7,8)9/h11-22H,1-10H3. The molecule has 3 aromatic rings. The summed E-state index contributed by atoms with van der Waals surface area (Å²) in [7, 11) is -6.37. The molecule has 0 N–H and O–H groups in total. The zero-order chi connectivity index (χ0) is 27.2. The fraction of sp³-hybridized carbons (Fsp3) is 0.419. The van der Waals surface area contributed by atoms with Crippen molar-refractivity contribution in [2.75, 3.05) is 6.26 Å². The first-order valence-corrected chi connectivity index (χ1v) is 15.8. The van der Waals surface area contributed by atoms with E-state index in [1.54, 1.807) is 0 Å². The van der Waals surface area contributed by atoms with Gasteiger partial charge in [0.25, 0.3) is 10.1 Å². The van der Waals surface area contributed by atoms with Gasteiger partial charge in [0.2, 0.25) is 0 Å². The molecular weight excluding hydrogens is 484 g/mol. The van der Waals surface area contributed by atoms with Crippen molar-refractivity contribution in [2.45, 2.75) is 93.2 Å². The van der Waals surface area contributed by atoms with Crippen LogP contribution in [0.25, 0.3) is 0 Å². The molecule has 0 aromatic heterocycles. The fourth-order valence-electron chi connectivity index (χ4n) is 4.15. The van der Waals surface area contributed by atoms with Crippen LogP contribution < -0.4 is 0 Å². The lowest BCUT2D eigenvalue weighted by molar-refractivity contribution is 0.515. The van der Waals surface area contributed by atoms with Crippen LogP contribution in [0.1, 0.15) is 79.0 Å². The third kappa shape index (κ3) is 6.24. The first-order valence-electron chi connectivity index (χ1n) is 12.4. The molecule has 0 saturated carbocycles. The Kier molecular flexibility index (Phi) is 7.65. The molecule has 0 aliphatic rings. The smallest absolute Gasteiger partial charge is 0.207 e. The van der Waals surface area contributed by atoms with Gasteiger partial charge in [0.1, 0.15) is 0 Å². The van der Waals surface area contributed by atoms with Gasteiger partial charge in [0.15, 0.2) is 0 Å². The molecule has 0 bridgehead atoms. The van der Waals surface area contributed by atoms with Gasteiger partial charge in [0, 0.05) is 14.7 Å². The number of hydrogen-bond acceptors (Lipinski definition) is 3. The van der Waals surface area contributed by atoms with E-state index >= 15 is 0 Å². The Balaban J connectivity index is 2.36. The van der Waals surface area contributed by atoms with Gasteiger partial charge in [-0.05, 0) is 79.6 Å². The van der Waals surface area contributed by atoms with Crippen LogP contribution in [-0.2, 0) is 30.0 Å².